The molecule has 6 fully saturated rings. The molecule has 71 heavy (non-hydrogen) atoms. The second-order valence-corrected chi connectivity index (χ2v) is 18.7. The van der Waals surface area contributed by atoms with Gasteiger partial charge in [-0.2, -0.15) is 0 Å². The lowest BCUT2D eigenvalue weighted by Gasteiger charge is -2.48. The molecule has 0 aromatic heterocycles. The lowest BCUT2D eigenvalue weighted by molar-refractivity contribution is -0.380. The summed E-state index contributed by atoms with van der Waals surface area (Å²) in [5.41, 5.74) is 5.76. The van der Waals surface area contributed by atoms with Crippen molar-refractivity contribution in [1.29, 1.82) is 0 Å². The van der Waals surface area contributed by atoms with Crippen LogP contribution in [0.4, 0.5) is 0 Å². The van der Waals surface area contributed by atoms with Crippen molar-refractivity contribution >= 4 is 7.82 Å². The highest BCUT2D eigenvalue weighted by Gasteiger charge is 2.58. The molecule has 34 nitrogen and oxygen atoms in total. The Hall–Kier alpha value is -1.09. The van der Waals surface area contributed by atoms with Crippen molar-refractivity contribution in [3.05, 3.63) is 0 Å². The van der Waals surface area contributed by atoms with E-state index in [-0.39, 0.29) is 0 Å². The highest BCUT2D eigenvalue weighted by molar-refractivity contribution is 7.46. The van der Waals surface area contributed by atoms with Gasteiger partial charge in [0.15, 0.2) is 37.7 Å². The largest absolute Gasteiger partial charge is 0.469 e. The molecule has 0 spiro atoms. The van der Waals surface area contributed by atoms with E-state index in [2.05, 4.69) is 4.52 Å². The second kappa shape index (κ2) is 24.9. The van der Waals surface area contributed by atoms with Gasteiger partial charge in [0.05, 0.1) is 45.7 Å². The predicted molar refractivity (Wildman–Crippen MR) is 212 cm³/mol. The zero-order valence-corrected chi connectivity index (χ0v) is 37.7. The van der Waals surface area contributed by atoms with E-state index in [1.165, 1.54) is 0 Å². The van der Waals surface area contributed by atoms with Crippen LogP contribution in [0.3, 0.4) is 0 Å². The van der Waals surface area contributed by atoms with E-state index in [1.54, 1.807) is 0 Å². The van der Waals surface area contributed by atoms with Gasteiger partial charge >= 0.3 is 7.82 Å². The normalized spacial score (nSPS) is 50.5. The van der Waals surface area contributed by atoms with Gasteiger partial charge in [-0.25, -0.2) is 4.57 Å². The fraction of sp³-hybridized carbons (Fsp3) is 1.00. The van der Waals surface area contributed by atoms with Gasteiger partial charge in [0.25, 0.3) is 0 Å². The standard InChI is InChI=1S/C36H64NO33P/c37-13-18(47)27(10(4-41)61-31(13)55)67-34-23(52)28(16(45)8(2-39)62-34)68-35-24(53)29(17(46)9(3-40)63-35)69-36-25(54)30(26(66-36)7(42)1-38)70-33-22(51)20(49)14(43)11(65-33)5-59-32-21(50)19(48)15(44)12(64-32)6-60-71(56,57)58/h7-36,38-55H,1-6,37H2,(H2,56,57,58)/t7-,8-,9-,10-,11-,12-,13-,14+,15+,16-,17-,18-,19+,20+,21-,22-,23+,24+,25-,26+,27-,28+,29+,30-,31+,32+,33-,34-,35-,36+/m1/s1. The van der Waals surface area contributed by atoms with Gasteiger partial charge in [0.2, 0.25) is 0 Å². The fourth-order valence-corrected chi connectivity index (χ4v) is 8.95. The van der Waals surface area contributed by atoms with E-state index >= 15 is 0 Å². The Morgan fingerprint density at radius 1 is 0.437 bits per heavy atom. The summed E-state index contributed by atoms with van der Waals surface area (Å²) in [5.74, 6) is 0. The summed E-state index contributed by atoms with van der Waals surface area (Å²) in [6.07, 6.45) is -56.3. The zero-order chi connectivity index (χ0) is 52.5. The molecule has 0 saturated carbocycles. The van der Waals surface area contributed by atoms with Crippen LogP contribution in [-0.4, -0.2) is 326 Å². The van der Waals surface area contributed by atoms with Crippen molar-refractivity contribution in [2.24, 2.45) is 5.73 Å². The molecule has 0 bridgehead atoms. The first-order valence-electron chi connectivity index (χ1n) is 22.0. The van der Waals surface area contributed by atoms with Crippen molar-refractivity contribution in [2.75, 3.05) is 39.6 Å². The number of aliphatic hydroxyl groups excluding tert-OH is 18. The molecule has 416 valence electrons. The second-order valence-electron chi connectivity index (χ2n) is 17.5. The molecule has 6 aliphatic heterocycles. The number of hydrogen-bond donors (Lipinski definition) is 21. The van der Waals surface area contributed by atoms with E-state index in [0.717, 1.165) is 0 Å². The lowest BCUT2D eigenvalue weighted by atomic mass is 9.95. The molecular weight excluding hydrogens is 1010 g/mol. The van der Waals surface area contributed by atoms with Gasteiger partial charge in [0, 0.05) is 0 Å². The molecule has 6 rings (SSSR count). The lowest BCUT2D eigenvalue weighted by Crippen LogP contribution is -2.67. The quantitative estimate of drug-likeness (QED) is 0.0534. The first-order chi connectivity index (χ1) is 33.4. The van der Waals surface area contributed by atoms with Gasteiger partial charge < -0.3 is 160 Å². The van der Waals surface area contributed by atoms with Crippen molar-refractivity contribution in [2.45, 2.75) is 184 Å². The molecule has 35 heteroatoms. The number of phosphoric ester groups is 1. The number of nitrogens with two attached hydrogens (primary N) is 1. The number of ether oxygens (including phenoxy) is 11. The van der Waals surface area contributed by atoms with Crippen LogP contribution in [0, 0.1) is 0 Å². The number of aliphatic hydroxyl groups is 18. The van der Waals surface area contributed by atoms with E-state index in [1.807, 2.05) is 0 Å². The van der Waals surface area contributed by atoms with E-state index in [9.17, 15) is 96.5 Å². The monoisotopic (exact) mass is 1070 g/mol. The minimum atomic E-state index is -5.11. The SMILES string of the molecule is N[C@@H]1[C@@H](O)[C@H](O[C@H]2O[C@H](CO)[C@@H](O)[C@H](O[C@H]3O[C@H](CO)[C@@H](O)[C@H](O[C@@H]4O[C@@H]([C@H](O)CO)[C@H](O[C@H]5O[C@H](CO[C@H]6O[C@H](COP(=O)(O)O)[C@H](O)[C@H](O)[C@H]6O)[C@H](O)[C@H](O)[C@H]5O)[C@H]4O)[C@@H]3O)[C@@H]2O)[C@@H](CO)O[C@@H]1O. The summed E-state index contributed by atoms with van der Waals surface area (Å²) in [7, 11) is -5.11. The first kappa shape index (κ1) is 59.2. The molecule has 0 radical (unpaired) electrons. The van der Waals surface area contributed by atoms with Crippen molar-refractivity contribution in [3.63, 3.8) is 0 Å². The van der Waals surface area contributed by atoms with Crippen LogP contribution in [-0.2, 0) is 61.2 Å². The maximum absolute atomic E-state index is 11.5. The third-order valence-electron chi connectivity index (χ3n) is 12.7. The van der Waals surface area contributed by atoms with Gasteiger partial charge in [-0.1, -0.05) is 0 Å². The Morgan fingerprint density at radius 2 is 0.845 bits per heavy atom. The van der Waals surface area contributed by atoms with Crippen LogP contribution in [0.2, 0.25) is 0 Å². The average Bonchev–Trinajstić information content (AvgIpc) is 3.64. The van der Waals surface area contributed by atoms with Gasteiger partial charge in [-0.3, -0.25) is 4.52 Å². The van der Waals surface area contributed by atoms with Crippen LogP contribution in [0.15, 0.2) is 0 Å². The molecule has 0 aliphatic carbocycles. The molecular formula is C36H64NO33P. The Bertz CT molecular complexity index is 1690. The van der Waals surface area contributed by atoms with Gasteiger partial charge in [0.1, 0.15) is 140 Å². The van der Waals surface area contributed by atoms with Crippen LogP contribution in [0.25, 0.3) is 0 Å². The smallest absolute Gasteiger partial charge is 0.394 e. The molecule has 0 unspecified atom stereocenters. The number of rotatable bonds is 19. The predicted octanol–water partition coefficient (Wildman–Crippen LogP) is -14.0. The van der Waals surface area contributed by atoms with Crippen LogP contribution in [0.5, 0.6) is 0 Å². The Kier molecular flexibility index (Phi) is 20.8. The third-order valence-corrected chi connectivity index (χ3v) is 13.2. The van der Waals surface area contributed by atoms with Gasteiger partial charge in [-0.05, 0) is 0 Å². The van der Waals surface area contributed by atoms with Crippen molar-refractivity contribution in [1.82, 2.24) is 0 Å². The third kappa shape index (κ3) is 13.0. The topological polar surface area (TPSA) is 558 Å². The summed E-state index contributed by atoms with van der Waals surface area (Å²) in [6, 6.07) is -1.49. The minimum Gasteiger partial charge on any atom is -0.394 e. The molecule has 0 aromatic carbocycles. The summed E-state index contributed by atoms with van der Waals surface area (Å²) in [6.45, 7) is -5.85. The maximum atomic E-state index is 11.5. The summed E-state index contributed by atoms with van der Waals surface area (Å²) >= 11 is 0. The van der Waals surface area contributed by atoms with Crippen molar-refractivity contribution < 1.29 is 163 Å². The first-order valence-corrected chi connectivity index (χ1v) is 23.5. The fourth-order valence-electron chi connectivity index (χ4n) is 8.61. The molecule has 30 atom stereocenters. The Balaban J connectivity index is 1.15. The molecule has 0 amide bonds. The number of phosphoric acid groups is 1. The minimum absolute atomic E-state index is 0.850. The molecule has 6 aliphatic rings. The molecule has 0 aromatic rings. The number of hydrogen-bond acceptors (Lipinski definition) is 32. The summed E-state index contributed by atoms with van der Waals surface area (Å²) < 4.78 is 76.4. The maximum Gasteiger partial charge on any atom is 0.469 e. The molecule has 6 heterocycles. The Morgan fingerprint density at radius 3 is 1.34 bits per heavy atom. The zero-order valence-electron chi connectivity index (χ0n) is 36.8. The van der Waals surface area contributed by atoms with E-state index < -0.39 is 232 Å². The highest BCUT2D eigenvalue weighted by atomic mass is 31.2. The summed E-state index contributed by atoms with van der Waals surface area (Å²) in [4.78, 5) is 18.1. The van der Waals surface area contributed by atoms with Crippen LogP contribution >= 0.6 is 7.82 Å². The Labute approximate surface area is 400 Å². The van der Waals surface area contributed by atoms with Gasteiger partial charge in [-0.15, -0.1) is 0 Å². The molecule has 22 N–H and O–H groups in total. The van der Waals surface area contributed by atoms with Crippen LogP contribution < -0.4 is 5.73 Å². The average molecular weight is 1070 g/mol. The molecule has 6 saturated heterocycles. The summed E-state index contributed by atoms with van der Waals surface area (Å²) in [5, 5.41) is 191. The van der Waals surface area contributed by atoms with Crippen molar-refractivity contribution in [3.8, 4) is 0 Å². The van der Waals surface area contributed by atoms with Crippen LogP contribution in [0.1, 0.15) is 0 Å². The highest BCUT2D eigenvalue weighted by Crippen LogP contribution is 2.39. The van der Waals surface area contributed by atoms with E-state index in [4.69, 9.17) is 67.6 Å². The van der Waals surface area contributed by atoms with E-state index in [0.29, 0.717) is 0 Å².